The van der Waals surface area contributed by atoms with E-state index in [0.717, 1.165) is 0 Å². The topological polar surface area (TPSA) is 67.4 Å². The van der Waals surface area contributed by atoms with Crippen LogP contribution in [0.4, 0.5) is 10.1 Å². The Bertz CT molecular complexity index is 734. The molecule has 2 N–H and O–H groups in total. The summed E-state index contributed by atoms with van der Waals surface area (Å²) in [6, 6.07) is 12.8. The maximum Gasteiger partial charge on any atom is 0.253 e. The average Bonchev–Trinajstić information content (AvgIpc) is 2.61. The van der Waals surface area contributed by atoms with Crippen molar-refractivity contribution in [1.82, 2.24) is 5.32 Å². The van der Waals surface area contributed by atoms with Crippen LogP contribution in [0.3, 0.4) is 0 Å². The summed E-state index contributed by atoms with van der Waals surface area (Å²) >= 11 is 0. The molecular weight excluding hydrogens is 323 g/mol. The highest BCUT2D eigenvalue weighted by molar-refractivity contribution is 6.04. The molecule has 0 saturated carbocycles. The highest BCUT2D eigenvalue weighted by Gasteiger charge is 2.14. The summed E-state index contributed by atoms with van der Waals surface area (Å²) < 4.78 is 18.6. The Hall–Kier alpha value is -2.73. The summed E-state index contributed by atoms with van der Waals surface area (Å²) in [6.07, 6.45) is 0.598. The van der Waals surface area contributed by atoms with Crippen LogP contribution in [0.15, 0.2) is 48.5 Å². The molecule has 5 nitrogen and oxygen atoms in total. The number of amides is 2. The van der Waals surface area contributed by atoms with Gasteiger partial charge in [0.1, 0.15) is 5.82 Å². The maximum atomic E-state index is 13.6. The van der Waals surface area contributed by atoms with Crippen LogP contribution in [-0.4, -0.2) is 32.1 Å². The van der Waals surface area contributed by atoms with Crippen LogP contribution in [0, 0.1) is 5.82 Å². The third kappa shape index (κ3) is 5.69. The van der Waals surface area contributed by atoms with Gasteiger partial charge in [-0.05, 0) is 30.2 Å². The first-order valence-corrected chi connectivity index (χ1v) is 8.01. The smallest absolute Gasteiger partial charge is 0.253 e. The van der Waals surface area contributed by atoms with Gasteiger partial charge in [0.25, 0.3) is 5.91 Å². The number of carbonyl (C=O) groups excluding carboxylic acids is 2. The first-order valence-electron chi connectivity index (χ1n) is 8.01. The second-order valence-corrected chi connectivity index (χ2v) is 5.46. The molecule has 132 valence electrons. The monoisotopic (exact) mass is 344 g/mol. The first kappa shape index (κ1) is 18.6. The fourth-order valence-electron chi connectivity index (χ4n) is 2.31. The van der Waals surface area contributed by atoms with Gasteiger partial charge in [-0.15, -0.1) is 0 Å². The van der Waals surface area contributed by atoms with Crippen molar-refractivity contribution in [2.75, 3.05) is 25.6 Å². The van der Waals surface area contributed by atoms with E-state index in [4.69, 9.17) is 4.74 Å². The summed E-state index contributed by atoms with van der Waals surface area (Å²) in [5, 5.41) is 5.45. The van der Waals surface area contributed by atoms with E-state index in [9.17, 15) is 14.0 Å². The van der Waals surface area contributed by atoms with Crippen molar-refractivity contribution in [3.63, 3.8) is 0 Å². The van der Waals surface area contributed by atoms with Crippen LogP contribution >= 0.6 is 0 Å². The van der Waals surface area contributed by atoms with Gasteiger partial charge in [0.05, 0.1) is 17.7 Å². The Labute approximate surface area is 146 Å². The number of ether oxygens (including phenoxy) is 1. The minimum absolute atomic E-state index is 0.101. The van der Waals surface area contributed by atoms with E-state index in [1.54, 1.807) is 49.6 Å². The lowest BCUT2D eigenvalue weighted by molar-refractivity contribution is -0.115. The summed E-state index contributed by atoms with van der Waals surface area (Å²) in [6.45, 7) is 1.03. The van der Waals surface area contributed by atoms with Gasteiger partial charge in [-0.1, -0.05) is 30.3 Å². The van der Waals surface area contributed by atoms with Gasteiger partial charge in [0.2, 0.25) is 5.91 Å². The first-order chi connectivity index (χ1) is 12.1. The molecule has 0 aliphatic carbocycles. The van der Waals surface area contributed by atoms with Crippen LogP contribution in [0.2, 0.25) is 0 Å². The van der Waals surface area contributed by atoms with E-state index in [1.807, 2.05) is 0 Å². The van der Waals surface area contributed by atoms with Crippen LogP contribution in [0.5, 0.6) is 0 Å². The summed E-state index contributed by atoms with van der Waals surface area (Å²) in [5.41, 5.74) is 1.07. The quantitative estimate of drug-likeness (QED) is 0.724. The van der Waals surface area contributed by atoms with Crippen LogP contribution < -0.4 is 10.6 Å². The lowest BCUT2D eigenvalue weighted by atomic mass is 10.1. The fraction of sp³-hybridized carbons (Fsp3) is 0.263. The highest BCUT2D eigenvalue weighted by Crippen LogP contribution is 2.16. The van der Waals surface area contributed by atoms with Crippen LogP contribution in [-0.2, 0) is 16.0 Å². The largest absolute Gasteiger partial charge is 0.385 e. The molecular formula is C19H21FN2O3. The molecule has 2 aromatic carbocycles. The van der Waals surface area contributed by atoms with Gasteiger partial charge in [-0.3, -0.25) is 9.59 Å². The van der Waals surface area contributed by atoms with Crippen molar-refractivity contribution < 1.29 is 18.7 Å². The van der Waals surface area contributed by atoms with Gasteiger partial charge in [0, 0.05) is 20.3 Å². The fourth-order valence-corrected chi connectivity index (χ4v) is 2.31. The molecule has 0 fully saturated rings. The Morgan fingerprint density at radius 3 is 2.56 bits per heavy atom. The van der Waals surface area contributed by atoms with Crippen molar-refractivity contribution in [3.05, 3.63) is 65.5 Å². The van der Waals surface area contributed by atoms with Crippen molar-refractivity contribution in [2.45, 2.75) is 12.8 Å². The summed E-state index contributed by atoms with van der Waals surface area (Å²) in [5.74, 6) is -1.09. The predicted molar refractivity (Wildman–Crippen MR) is 94.0 cm³/mol. The van der Waals surface area contributed by atoms with E-state index in [0.29, 0.717) is 36.4 Å². The number of rotatable bonds is 8. The zero-order valence-electron chi connectivity index (χ0n) is 14.0. The van der Waals surface area contributed by atoms with Crippen molar-refractivity contribution in [2.24, 2.45) is 0 Å². The van der Waals surface area contributed by atoms with E-state index >= 15 is 0 Å². The number of nitrogens with one attached hydrogen (secondary N) is 2. The molecule has 0 saturated heterocycles. The van der Waals surface area contributed by atoms with Gasteiger partial charge in [-0.2, -0.15) is 0 Å². The Morgan fingerprint density at radius 1 is 1.08 bits per heavy atom. The second kappa shape index (κ2) is 9.54. The lowest BCUT2D eigenvalue weighted by Gasteiger charge is -2.11. The average molecular weight is 344 g/mol. The number of para-hydroxylation sites is 1. The zero-order valence-corrected chi connectivity index (χ0v) is 14.0. The standard InChI is InChI=1S/C19H21FN2O3/c1-25-12-6-11-21-19(24)15-8-3-5-10-17(15)22-18(23)13-14-7-2-4-9-16(14)20/h2-5,7-10H,6,11-13H2,1H3,(H,21,24)(H,22,23). The van der Waals surface area contributed by atoms with Crippen LogP contribution in [0.1, 0.15) is 22.3 Å². The van der Waals surface area contributed by atoms with Crippen molar-refractivity contribution in [3.8, 4) is 0 Å². The molecule has 0 aliphatic heterocycles. The summed E-state index contributed by atoms with van der Waals surface area (Å²) in [4.78, 5) is 24.4. The number of halogens is 1. The molecule has 2 amide bonds. The predicted octanol–water partition coefficient (Wildman–Crippen LogP) is 2.77. The van der Waals surface area contributed by atoms with E-state index in [-0.39, 0.29) is 18.2 Å². The minimum Gasteiger partial charge on any atom is -0.385 e. The van der Waals surface area contributed by atoms with Gasteiger partial charge < -0.3 is 15.4 Å². The zero-order chi connectivity index (χ0) is 18.1. The second-order valence-electron chi connectivity index (χ2n) is 5.46. The molecule has 2 aromatic rings. The Balaban J connectivity index is 2.01. The molecule has 0 radical (unpaired) electrons. The maximum absolute atomic E-state index is 13.6. The van der Waals surface area contributed by atoms with Gasteiger partial charge >= 0.3 is 0 Å². The molecule has 0 spiro atoms. The Kier molecular flexibility index (Phi) is 7.10. The number of hydrogen-bond acceptors (Lipinski definition) is 3. The number of anilines is 1. The van der Waals surface area contributed by atoms with Gasteiger partial charge in [-0.25, -0.2) is 4.39 Å². The molecule has 0 aliphatic rings. The van der Waals surface area contributed by atoms with E-state index in [2.05, 4.69) is 10.6 Å². The van der Waals surface area contributed by atoms with Crippen molar-refractivity contribution in [1.29, 1.82) is 0 Å². The normalized spacial score (nSPS) is 10.3. The van der Waals surface area contributed by atoms with E-state index in [1.165, 1.54) is 6.07 Å². The third-order valence-corrected chi connectivity index (χ3v) is 3.57. The Morgan fingerprint density at radius 2 is 1.80 bits per heavy atom. The van der Waals surface area contributed by atoms with Crippen LogP contribution in [0.25, 0.3) is 0 Å². The number of benzene rings is 2. The molecule has 0 heterocycles. The number of carbonyl (C=O) groups is 2. The highest BCUT2D eigenvalue weighted by atomic mass is 19.1. The molecule has 2 rings (SSSR count). The number of methoxy groups -OCH3 is 1. The lowest BCUT2D eigenvalue weighted by Crippen LogP contribution is -2.27. The van der Waals surface area contributed by atoms with E-state index < -0.39 is 5.82 Å². The number of hydrogen-bond donors (Lipinski definition) is 2. The third-order valence-electron chi connectivity index (χ3n) is 3.57. The minimum atomic E-state index is -0.429. The SMILES string of the molecule is COCCCNC(=O)c1ccccc1NC(=O)Cc1ccccc1F. The molecule has 25 heavy (non-hydrogen) atoms. The molecule has 0 bridgehead atoms. The molecule has 6 heteroatoms. The summed E-state index contributed by atoms with van der Waals surface area (Å²) in [7, 11) is 1.60. The van der Waals surface area contributed by atoms with Crippen molar-refractivity contribution >= 4 is 17.5 Å². The molecule has 0 unspecified atom stereocenters. The molecule has 0 atom stereocenters. The van der Waals surface area contributed by atoms with Gasteiger partial charge in [0.15, 0.2) is 0 Å². The molecule has 0 aromatic heterocycles.